The van der Waals surface area contributed by atoms with Gasteiger partial charge in [-0.05, 0) is 43.2 Å². The molecule has 1 atom stereocenters. The minimum absolute atomic E-state index is 0.00579. The lowest BCUT2D eigenvalue weighted by Gasteiger charge is -2.35. The normalized spacial score (nSPS) is 19.1. The van der Waals surface area contributed by atoms with E-state index in [4.69, 9.17) is 9.47 Å². The fraction of sp³-hybridized carbons (Fsp3) is 0.409. The van der Waals surface area contributed by atoms with Crippen molar-refractivity contribution in [3.8, 4) is 11.8 Å². The Kier molecular flexibility index (Phi) is 5.92. The lowest BCUT2D eigenvalue weighted by molar-refractivity contribution is 0.0677. The zero-order chi connectivity index (χ0) is 20.1. The number of anilines is 1. The molecule has 2 aliphatic heterocycles. The first-order valence-electron chi connectivity index (χ1n) is 9.98. The first kappa shape index (κ1) is 19.2. The Bertz CT molecular complexity index is 897. The summed E-state index contributed by atoms with van der Waals surface area (Å²) in [6, 6.07) is 13.0. The number of rotatable bonds is 5. The molecule has 0 radical (unpaired) electrons. The van der Waals surface area contributed by atoms with E-state index in [9.17, 15) is 10.1 Å². The highest BCUT2D eigenvalue weighted by atomic mass is 16.5. The third-order valence-electron chi connectivity index (χ3n) is 5.31. The predicted molar refractivity (Wildman–Crippen MR) is 108 cm³/mol. The van der Waals surface area contributed by atoms with Gasteiger partial charge in [0.25, 0.3) is 5.91 Å². The van der Waals surface area contributed by atoms with Gasteiger partial charge in [0.1, 0.15) is 24.2 Å². The molecule has 0 saturated carbocycles. The Morgan fingerprint density at radius 1 is 1.24 bits per heavy atom. The van der Waals surface area contributed by atoms with Gasteiger partial charge in [0.2, 0.25) is 0 Å². The van der Waals surface area contributed by atoms with Crippen LogP contribution in [0.4, 0.5) is 5.82 Å². The fourth-order valence-electron chi connectivity index (χ4n) is 3.72. The molecule has 7 heteroatoms. The lowest BCUT2D eigenvalue weighted by atomic mass is 10.1. The molecule has 1 unspecified atom stereocenters. The molecule has 2 fully saturated rings. The smallest absolute Gasteiger partial charge is 0.254 e. The Hall–Kier alpha value is -3.11. The maximum Gasteiger partial charge on any atom is 0.254 e. The number of carbonyl (C=O) groups is 1. The van der Waals surface area contributed by atoms with E-state index in [-0.39, 0.29) is 12.0 Å². The Morgan fingerprint density at radius 2 is 2.10 bits per heavy atom. The summed E-state index contributed by atoms with van der Waals surface area (Å²) >= 11 is 0. The second kappa shape index (κ2) is 8.93. The summed E-state index contributed by atoms with van der Waals surface area (Å²) in [4.78, 5) is 21.2. The quantitative estimate of drug-likeness (QED) is 0.778. The Balaban J connectivity index is 1.36. The van der Waals surface area contributed by atoms with Crippen molar-refractivity contribution < 1.29 is 14.3 Å². The van der Waals surface area contributed by atoms with Crippen LogP contribution in [0, 0.1) is 11.3 Å². The number of nitriles is 1. The molecule has 1 aromatic heterocycles. The molecule has 2 aromatic rings. The molecule has 0 N–H and O–H groups in total. The van der Waals surface area contributed by atoms with Gasteiger partial charge >= 0.3 is 0 Å². The number of amides is 1. The van der Waals surface area contributed by atoms with E-state index in [0.29, 0.717) is 55.5 Å². The van der Waals surface area contributed by atoms with Crippen molar-refractivity contribution in [3.05, 3.63) is 53.7 Å². The van der Waals surface area contributed by atoms with E-state index in [1.807, 2.05) is 23.1 Å². The van der Waals surface area contributed by atoms with Gasteiger partial charge in [0.15, 0.2) is 0 Å². The van der Waals surface area contributed by atoms with E-state index in [1.165, 1.54) is 0 Å². The van der Waals surface area contributed by atoms with Crippen LogP contribution in [-0.2, 0) is 4.74 Å². The number of hydrogen-bond acceptors (Lipinski definition) is 6. The molecule has 150 valence electrons. The minimum atomic E-state index is -0.00579. The van der Waals surface area contributed by atoms with Crippen LogP contribution >= 0.6 is 0 Å². The van der Waals surface area contributed by atoms with Crippen molar-refractivity contribution in [2.45, 2.75) is 18.9 Å². The summed E-state index contributed by atoms with van der Waals surface area (Å²) < 4.78 is 11.4. The van der Waals surface area contributed by atoms with Crippen molar-refractivity contribution in [2.24, 2.45) is 0 Å². The minimum Gasteiger partial charge on any atom is -0.491 e. The average molecular weight is 392 g/mol. The first-order chi connectivity index (χ1) is 14.2. The van der Waals surface area contributed by atoms with E-state index < -0.39 is 0 Å². The van der Waals surface area contributed by atoms with Gasteiger partial charge < -0.3 is 19.3 Å². The molecule has 29 heavy (non-hydrogen) atoms. The number of pyridine rings is 1. The second-order valence-corrected chi connectivity index (χ2v) is 7.24. The average Bonchev–Trinajstić information content (AvgIpc) is 3.31. The molecule has 1 amide bonds. The molecular formula is C22H24N4O3. The van der Waals surface area contributed by atoms with Gasteiger partial charge in [-0.1, -0.05) is 6.07 Å². The lowest BCUT2D eigenvalue weighted by Crippen LogP contribution is -2.49. The maximum absolute atomic E-state index is 12.9. The Labute approximate surface area is 170 Å². The van der Waals surface area contributed by atoms with Gasteiger partial charge in [-0.25, -0.2) is 4.98 Å². The molecule has 2 aliphatic rings. The van der Waals surface area contributed by atoms with Crippen molar-refractivity contribution in [3.63, 3.8) is 0 Å². The second-order valence-electron chi connectivity index (χ2n) is 7.24. The zero-order valence-electron chi connectivity index (χ0n) is 16.3. The van der Waals surface area contributed by atoms with Crippen LogP contribution in [0.15, 0.2) is 42.6 Å². The fourth-order valence-corrected chi connectivity index (χ4v) is 3.72. The number of aromatic nitrogens is 1. The molecule has 2 saturated heterocycles. The van der Waals surface area contributed by atoms with E-state index >= 15 is 0 Å². The van der Waals surface area contributed by atoms with Crippen molar-refractivity contribution in [1.82, 2.24) is 9.88 Å². The molecule has 7 nitrogen and oxygen atoms in total. The van der Waals surface area contributed by atoms with Crippen molar-refractivity contribution >= 4 is 11.7 Å². The van der Waals surface area contributed by atoms with Crippen LogP contribution in [0.3, 0.4) is 0 Å². The predicted octanol–water partition coefficient (Wildman–Crippen LogP) is 2.47. The van der Waals surface area contributed by atoms with Crippen LogP contribution in [-0.4, -0.2) is 61.3 Å². The van der Waals surface area contributed by atoms with E-state index in [1.54, 1.807) is 24.4 Å². The number of hydrogen-bond donors (Lipinski definition) is 0. The summed E-state index contributed by atoms with van der Waals surface area (Å²) in [5.74, 6) is 1.37. The van der Waals surface area contributed by atoms with Gasteiger partial charge in [0.05, 0.1) is 11.7 Å². The standard InChI is InChI=1S/C22H24N4O3/c23-15-18-5-2-8-24-21(18)25-9-11-26(12-10-25)22(27)17-4-1-6-19(14-17)29-16-20-7-3-13-28-20/h1-2,4-6,8,14,20H,3,7,9-13,16H2. The zero-order valence-corrected chi connectivity index (χ0v) is 16.3. The molecule has 0 spiro atoms. The van der Waals surface area contributed by atoms with Crippen molar-refractivity contribution in [2.75, 3.05) is 44.3 Å². The SMILES string of the molecule is N#Cc1cccnc1N1CCN(C(=O)c2cccc(OCC3CCCO3)c2)CC1. The maximum atomic E-state index is 12.9. The third-order valence-corrected chi connectivity index (χ3v) is 5.31. The number of nitrogens with zero attached hydrogens (tertiary/aromatic N) is 4. The molecule has 0 aliphatic carbocycles. The van der Waals surface area contributed by atoms with E-state index in [0.717, 1.165) is 19.4 Å². The number of carbonyl (C=O) groups excluding carboxylic acids is 1. The van der Waals surface area contributed by atoms with Gasteiger partial charge in [-0.15, -0.1) is 0 Å². The molecule has 0 bridgehead atoms. The summed E-state index contributed by atoms with van der Waals surface area (Å²) in [5, 5.41) is 9.28. The molecule has 3 heterocycles. The highest BCUT2D eigenvalue weighted by Crippen LogP contribution is 2.21. The number of benzene rings is 1. The highest BCUT2D eigenvalue weighted by Gasteiger charge is 2.24. The van der Waals surface area contributed by atoms with Crippen LogP contribution in [0.2, 0.25) is 0 Å². The number of piperazine rings is 1. The van der Waals surface area contributed by atoms with E-state index in [2.05, 4.69) is 16.0 Å². The molecule has 4 rings (SSSR count). The first-order valence-corrected chi connectivity index (χ1v) is 9.98. The monoisotopic (exact) mass is 392 g/mol. The largest absolute Gasteiger partial charge is 0.491 e. The van der Waals surface area contributed by atoms with Gasteiger partial charge in [-0.3, -0.25) is 4.79 Å². The molecular weight excluding hydrogens is 368 g/mol. The van der Waals surface area contributed by atoms with Crippen LogP contribution in [0.25, 0.3) is 0 Å². The summed E-state index contributed by atoms with van der Waals surface area (Å²) in [6.07, 6.45) is 3.93. The topological polar surface area (TPSA) is 78.7 Å². The van der Waals surface area contributed by atoms with Crippen molar-refractivity contribution in [1.29, 1.82) is 5.26 Å². The van der Waals surface area contributed by atoms with Gasteiger partial charge in [0, 0.05) is 44.5 Å². The summed E-state index contributed by atoms with van der Waals surface area (Å²) in [5.41, 5.74) is 1.18. The summed E-state index contributed by atoms with van der Waals surface area (Å²) in [6.45, 7) is 3.77. The van der Waals surface area contributed by atoms with Crippen LogP contribution < -0.4 is 9.64 Å². The van der Waals surface area contributed by atoms with Crippen LogP contribution in [0.5, 0.6) is 5.75 Å². The molecule has 1 aromatic carbocycles. The third kappa shape index (κ3) is 4.49. The highest BCUT2D eigenvalue weighted by molar-refractivity contribution is 5.94. The Morgan fingerprint density at radius 3 is 2.86 bits per heavy atom. The van der Waals surface area contributed by atoms with Gasteiger partial charge in [-0.2, -0.15) is 5.26 Å². The van der Waals surface area contributed by atoms with Crippen LogP contribution in [0.1, 0.15) is 28.8 Å². The number of ether oxygens (including phenoxy) is 2. The summed E-state index contributed by atoms with van der Waals surface area (Å²) in [7, 11) is 0.